The second kappa shape index (κ2) is 8.83. The zero-order valence-corrected chi connectivity index (χ0v) is 17.2. The number of hydrogen-bond acceptors (Lipinski definition) is 3. The van der Waals surface area contributed by atoms with Crippen molar-refractivity contribution in [3.05, 3.63) is 95.2 Å². The van der Waals surface area contributed by atoms with Crippen molar-refractivity contribution in [2.75, 3.05) is 5.32 Å². The van der Waals surface area contributed by atoms with Crippen molar-refractivity contribution in [1.29, 1.82) is 0 Å². The summed E-state index contributed by atoms with van der Waals surface area (Å²) in [6.45, 7) is 1.90. The summed E-state index contributed by atoms with van der Waals surface area (Å²) < 4.78 is 1.52. The van der Waals surface area contributed by atoms with Gasteiger partial charge in [0.25, 0.3) is 5.91 Å². The first-order chi connectivity index (χ1) is 15.0. The fraction of sp³-hybridized carbons (Fsp3) is 0.160. The molecule has 4 rings (SSSR count). The normalized spacial score (nSPS) is 10.9. The highest BCUT2D eigenvalue weighted by atomic mass is 16.4. The van der Waals surface area contributed by atoms with Gasteiger partial charge in [0.2, 0.25) is 0 Å². The molecule has 3 aromatic carbocycles. The number of anilines is 1. The van der Waals surface area contributed by atoms with Crippen molar-refractivity contribution in [2.24, 2.45) is 0 Å². The van der Waals surface area contributed by atoms with E-state index in [0.29, 0.717) is 12.0 Å². The number of amides is 1. The van der Waals surface area contributed by atoms with E-state index in [2.05, 4.69) is 17.3 Å². The fourth-order valence-electron chi connectivity index (χ4n) is 3.57. The number of carbonyl (C=O) groups is 2. The Morgan fingerprint density at radius 3 is 2.29 bits per heavy atom. The zero-order valence-electron chi connectivity index (χ0n) is 17.2. The Balaban J connectivity index is 1.48. The van der Waals surface area contributed by atoms with Crippen LogP contribution >= 0.6 is 0 Å². The first-order valence-corrected chi connectivity index (χ1v) is 10.2. The largest absolute Gasteiger partial charge is 0.480 e. The lowest BCUT2D eigenvalue weighted by Crippen LogP contribution is -2.11. The lowest BCUT2D eigenvalue weighted by Gasteiger charge is -2.07. The van der Waals surface area contributed by atoms with E-state index in [9.17, 15) is 9.59 Å². The van der Waals surface area contributed by atoms with Crippen molar-refractivity contribution in [3.63, 3.8) is 0 Å². The van der Waals surface area contributed by atoms with Gasteiger partial charge in [-0.25, -0.2) is 0 Å². The number of aliphatic carboxylic acids is 1. The minimum atomic E-state index is -0.927. The average Bonchev–Trinajstić information content (AvgIpc) is 3.11. The fourth-order valence-corrected chi connectivity index (χ4v) is 3.57. The molecule has 0 saturated carbocycles. The van der Waals surface area contributed by atoms with E-state index in [1.807, 2.05) is 72.8 Å². The van der Waals surface area contributed by atoms with Gasteiger partial charge in [0, 0.05) is 23.1 Å². The Kier molecular flexibility index (Phi) is 5.80. The molecule has 6 nitrogen and oxygen atoms in total. The highest BCUT2D eigenvalue weighted by Crippen LogP contribution is 2.22. The molecule has 0 atom stereocenters. The molecule has 0 fully saturated rings. The van der Waals surface area contributed by atoms with Crippen LogP contribution in [0.3, 0.4) is 0 Å². The molecular weight excluding hydrogens is 390 g/mol. The topological polar surface area (TPSA) is 84.2 Å². The minimum absolute atomic E-state index is 0.145. The number of carboxylic acids is 1. The molecule has 4 aromatic rings. The number of aryl methyl sites for hydroxylation is 1. The lowest BCUT2D eigenvalue weighted by atomic mass is 10.1. The highest BCUT2D eigenvalue weighted by Gasteiger charge is 2.13. The van der Waals surface area contributed by atoms with Gasteiger partial charge in [0.1, 0.15) is 6.54 Å². The van der Waals surface area contributed by atoms with Gasteiger partial charge in [-0.15, -0.1) is 0 Å². The Bertz CT molecular complexity index is 1230. The number of carbonyl (C=O) groups excluding carboxylic acids is 1. The summed E-state index contributed by atoms with van der Waals surface area (Å²) >= 11 is 0. The number of rotatable bonds is 7. The second-order valence-corrected chi connectivity index (χ2v) is 7.39. The third-order valence-corrected chi connectivity index (χ3v) is 5.23. The Morgan fingerprint density at radius 2 is 1.61 bits per heavy atom. The highest BCUT2D eigenvalue weighted by molar-refractivity contribution is 6.04. The van der Waals surface area contributed by atoms with Crippen LogP contribution in [0.4, 0.5) is 5.69 Å². The van der Waals surface area contributed by atoms with Crippen molar-refractivity contribution < 1.29 is 14.7 Å². The van der Waals surface area contributed by atoms with E-state index in [1.165, 1.54) is 10.2 Å². The molecule has 2 N–H and O–H groups in total. The molecule has 1 aromatic heterocycles. The van der Waals surface area contributed by atoms with Crippen LogP contribution in [0, 0.1) is 0 Å². The van der Waals surface area contributed by atoms with Crippen molar-refractivity contribution >= 4 is 28.5 Å². The molecule has 1 heterocycles. The maximum absolute atomic E-state index is 12.5. The summed E-state index contributed by atoms with van der Waals surface area (Å²) in [7, 11) is 0. The van der Waals surface area contributed by atoms with Gasteiger partial charge in [-0.05, 0) is 47.9 Å². The molecule has 6 heteroatoms. The molecular formula is C25H23N3O3. The van der Waals surface area contributed by atoms with Gasteiger partial charge in [0.05, 0.1) is 11.2 Å². The number of benzene rings is 3. The summed E-state index contributed by atoms with van der Waals surface area (Å²) in [6.07, 6.45) is 1.51. The lowest BCUT2D eigenvalue weighted by molar-refractivity contribution is -0.137. The number of aromatic nitrogens is 2. The van der Waals surface area contributed by atoms with Crippen LogP contribution in [0.2, 0.25) is 0 Å². The van der Waals surface area contributed by atoms with E-state index >= 15 is 0 Å². The van der Waals surface area contributed by atoms with Crippen molar-refractivity contribution in [2.45, 2.75) is 26.3 Å². The van der Waals surface area contributed by atoms with Gasteiger partial charge in [-0.2, -0.15) is 5.10 Å². The van der Waals surface area contributed by atoms with Gasteiger partial charge in [0.15, 0.2) is 0 Å². The number of nitrogens with zero attached hydrogens (tertiary/aromatic N) is 2. The maximum Gasteiger partial charge on any atom is 0.325 e. The van der Waals surface area contributed by atoms with E-state index in [4.69, 9.17) is 5.11 Å². The quantitative estimate of drug-likeness (QED) is 0.466. The van der Waals surface area contributed by atoms with Gasteiger partial charge >= 0.3 is 5.97 Å². The molecule has 31 heavy (non-hydrogen) atoms. The smallest absolute Gasteiger partial charge is 0.325 e. The molecule has 0 aliphatic heterocycles. The average molecular weight is 413 g/mol. The first kappa shape index (κ1) is 20.3. The number of fused-ring (bicyclic) bond motifs is 1. The molecule has 156 valence electrons. The molecule has 0 unspecified atom stereocenters. The van der Waals surface area contributed by atoms with Crippen LogP contribution in [-0.2, 0) is 24.2 Å². The van der Waals surface area contributed by atoms with Crippen LogP contribution in [0.1, 0.15) is 34.1 Å². The van der Waals surface area contributed by atoms with Crippen LogP contribution in [0.5, 0.6) is 0 Å². The molecule has 0 bridgehead atoms. The predicted molar refractivity (Wildman–Crippen MR) is 120 cm³/mol. The molecule has 0 spiro atoms. The van der Waals surface area contributed by atoms with E-state index in [-0.39, 0.29) is 12.5 Å². The van der Waals surface area contributed by atoms with Crippen molar-refractivity contribution in [3.8, 4) is 0 Å². The Hall–Kier alpha value is -3.93. The van der Waals surface area contributed by atoms with Crippen LogP contribution in [-0.4, -0.2) is 26.8 Å². The summed E-state index contributed by atoms with van der Waals surface area (Å²) in [5.74, 6) is -1.07. The van der Waals surface area contributed by atoms with Crippen LogP contribution < -0.4 is 5.32 Å². The standard InChI is InChI=1S/C25H23N3O3/c1-2-17-7-11-19(12-8-17)25(31)26-20-13-9-18(10-14-20)15-22-21-5-3-4-6-23(21)28(27-22)16-24(29)30/h3-14H,2,15-16H2,1H3,(H,26,31)(H,29,30). The van der Waals surface area contributed by atoms with Crippen LogP contribution in [0.15, 0.2) is 72.8 Å². The number of carboxylic acid groups (broad SMARTS) is 1. The van der Waals surface area contributed by atoms with Crippen LogP contribution in [0.25, 0.3) is 10.9 Å². The molecule has 1 amide bonds. The second-order valence-electron chi connectivity index (χ2n) is 7.39. The van der Waals surface area contributed by atoms with Gasteiger partial charge in [-0.1, -0.05) is 49.4 Å². The summed E-state index contributed by atoms with van der Waals surface area (Å²) in [5, 5.41) is 17.5. The first-order valence-electron chi connectivity index (χ1n) is 10.2. The number of nitrogens with one attached hydrogen (secondary N) is 1. The minimum Gasteiger partial charge on any atom is -0.480 e. The summed E-state index contributed by atoms with van der Waals surface area (Å²) in [5.41, 5.74) is 5.18. The maximum atomic E-state index is 12.5. The van der Waals surface area contributed by atoms with Crippen molar-refractivity contribution in [1.82, 2.24) is 9.78 Å². The molecule has 0 aliphatic carbocycles. The summed E-state index contributed by atoms with van der Waals surface area (Å²) in [6, 6.07) is 22.8. The van der Waals surface area contributed by atoms with E-state index in [1.54, 1.807) is 0 Å². The Labute approximate surface area is 180 Å². The monoisotopic (exact) mass is 413 g/mol. The Morgan fingerprint density at radius 1 is 0.935 bits per heavy atom. The van der Waals surface area contributed by atoms with Gasteiger partial charge in [-0.3, -0.25) is 14.3 Å². The molecule has 0 saturated heterocycles. The molecule has 0 aliphatic rings. The third-order valence-electron chi connectivity index (χ3n) is 5.23. The summed E-state index contributed by atoms with van der Waals surface area (Å²) in [4.78, 5) is 23.6. The third kappa shape index (κ3) is 4.64. The number of para-hydroxylation sites is 1. The number of hydrogen-bond donors (Lipinski definition) is 2. The van der Waals surface area contributed by atoms with Gasteiger partial charge < -0.3 is 10.4 Å². The van der Waals surface area contributed by atoms with E-state index < -0.39 is 5.97 Å². The predicted octanol–water partition coefficient (Wildman–Crippen LogP) is 4.53. The SMILES string of the molecule is CCc1ccc(C(=O)Nc2ccc(Cc3nn(CC(=O)O)c4ccccc34)cc2)cc1. The van der Waals surface area contributed by atoms with E-state index in [0.717, 1.165) is 34.3 Å². The molecule has 0 radical (unpaired) electrons. The zero-order chi connectivity index (χ0) is 21.8.